The molecule has 0 aromatic heterocycles. The summed E-state index contributed by atoms with van der Waals surface area (Å²) in [7, 11) is 1.40. The van der Waals surface area contributed by atoms with Crippen molar-refractivity contribution in [2.45, 2.75) is 26.2 Å². The molecule has 0 amide bonds. The Morgan fingerprint density at radius 1 is 1.00 bits per heavy atom. The summed E-state index contributed by atoms with van der Waals surface area (Å²) in [6, 6.07) is 12.1. The summed E-state index contributed by atoms with van der Waals surface area (Å²) in [5.41, 5.74) is 4.13. The van der Waals surface area contributed by atoms with Gasteiger partial charge in [-0.15, -0.1) is 0 Å². The molecule has 0 aromatic carbocycles. The zero-order valence-corrected chi connectivity index (χ0v) is 11.3. The molecule has 0 saturated heterocycles. The molecule has 0 atom stereocenters. The Balaban J connectivity index is 2.49. The molecule has 0 N–H and O–H groups in total. The summed E-state index contributed by atoms with van der Waals surface area (Å²) in [5.74, 6) is -0.287. The maximum absolute atomic E-state index is 11.5. The van der Waals surface area contributed by atoms with Crippen LogP contribution in [0.5, 0.6) is 0 Å². The molecule has 0 radical (unpaired) electrons. The van der Waals surface area contributed by atoms with Gasteiger partial charge in [0, 0.05) is 0 Å². The largest absolute Gasteiger partial charge is 0.465 e. The molecule has 0 heterocycles. The number of ether oxygens (including phenoxy) is 1. The van der Waals surface area contributed by atoms with Crippen molar-refractivity contribution < 1.29 is 9.53 Å². The third-order valence-corrected chi connectivity index (χ3v) is 3.13. The summed E-state index contributed by atoms with van der Waals surface area (Å²) in [6.45, 7) is 6.56. The van der Waals surface area contributed by atoms with Crippen LogP contribution in [0.25, 0.3) is 11.1 Å². The first-order valence-electron chi connectivity index (χ1n) is 6.04. The van der Waals surface area contributed by atoms with Gasteiger partial charge in [0.1, 0.15) is 0 Å². The highest BCUT2D eigenvalue weighted by Gasteiger charge is 2.15. The van der Waals surface area contributed by atoms with E-state index in [4.69, 9.17) is 4.74 Å². The lowest BCUT2D eigenvalue weighted by molar-refractivity contribution is 0.0601. The Hall–Kier alpha value is -1.83. The number of carbonyl (C=O) groups is 1. The third kappa shape index (κ3) is 2.37. The number of methoxy groups -OCH3 is 1. The number of carbonyl (C=O) groups excluding carboxylic acids is 1. The van der Waals surface area contributed by atoms with Crippen molar-refractivity contribution in [3.63, 3.8) is 0 Å². The monoisotopic (exact) mass is 242 g/mol. The molecule has 2 aliphatic carbocycles. The van der Waals surface area contributed by atoms with Gasteiger partial charge in [-0.1, -0.05) is 45.0 Å². The summed E-state index contributed by atoms with van der Waals surface area (Å²) in [6.07, 6.45) is 0. The summed E-state index contributed by atoms with van der Waals surface area (Å²) in [5, 5.41) is 0. The molecular formula is C16H18O2. The molecule has 0 aromatic rings. The molecule has 0 fully saturated rings. The average Bonchev–Trinajstić information content (AvgIpc) is 2.60. The fourth-order valence-electron chi connectivity index (χ4n) is 1.98. The molecule has 0 saturated carbocycles. The molecule has 2 rings (SSSR count). The molecule has 0 aliphatic heterocycles. The van der Waals surface area contributed by atoms with Gasteiger partial charge in [0.25, 0.3) is 0 Å². The number of esters is 1. The first kappa shape index (κ1) is 12.6. The van der Waals surface area contributed by atoms with Gasteiger partial charge in [-0.05, 0) is 34.2 Å². The van der Waals surface area contributed by atoms with Crippen LogP contribution >= 0.6 is 0 Å². The minimum absolute atomic E-state index is 0.127. The predicted octanol–water partition coefficient (Wildman–Crippen LogP) is 3.88. The Labute approximate surface area is 108 Å². The van der Waals surface area contributed by atoms with Crippen LogP contribution in [0.4, 0.5) is 0 Å². The third-order valence-electron chi connectivity index (χ3n) is 3.13. The number of rotatable bonds is 1. The van der Waals surface area contributed by atoms with E-state index in [-0.39, 0.29) is 11.4 Å². The Bertz CT molecular complexity index is 516. The van der Waals surface area contributed by atoms with Crippen molar-refractivity contribution in [2.24, 2.45) is 0 Å². The first-order chi connectivity index (χ1) is 8.41. The van der Waals surface area contributed by atoms with Crippen molar-refractivity contribution in [1.82, 2.24) is 0 Å². The van der Waals surface area contributed by atoms with Crippen molar-refractivity contribution in [2.75, 3.05) is 7.11 Å². The van der Waals surface area contributed by atoms with E-state index in [0.717, 1.165) is 11.1 Å². The topological polar surface area (TPSA) is 26.3 Å². The summed E-state index contributed by atoms with van der Waals surface area (Å²) in [4.78, 5) is 11.5. The van der Waals surface area contributed by atoms with Crippen LogP contribution in [0, 0.1) is 0 Å². The van der Waals surface area contributed by atoms with Crippen LogP contribution < -0.4 is 0 Å². The van der Waals surface area contributed by atoms with Gasteiger partial charge >= 0.3 is 5.97 Å². The number of hydrogen-bond donors (Lipinski definition) is 0. The Kier molecular flexibility index (Phi) is 3.12. The molecule has 2 aliphatic rings. The van der Waals surface area contributed by atoms with Crippen LogP contribution in [0.2, 0.25) is 0 Å². The van der Waals surface area contributed by atoms with Crippen molar-refractivity contribution in [1.29, 1.82) is 0 Å². The minimum atomic E-state index is -0.287. The molecule has 94 valence electrons. The van der Waals surface area contributed by atoms with Gasteiger partial charge in [-0.25, -0.2) is 4.79 Å². The zero-order valence-electron chi connectivity index (χ0n) is 11.3. The van der Waals surface area contributed by atoms with Crippen molar-refractivity contribution in [3.8, 4) is 11.1 Å². The van der Waals surface area contributed by atoms with E-state index >= 15 is 0 Å². The van der Waals surface area contributed by atoms with E-state index in [2.05, 4.69) is 45.0 Å². The van der Waals surface area contributed by atoms with E-state index in [0.29, 0.717) is 5.56 Å². The van der Waals surface area contributed by atoms with E-state index in [1.807, 2.05) is 12.1 Å². The fourth-order valence-corrected chi connectivity index (χ4v) is 1.98. The van der Waals surface area contributed by atoms with Crippen LogP contribution in [0.3, 0.4) is 0 Å². The molecule has 2 heteroatoms. The minimum Gasteiger partial charge on any atom is -0.465 e. The lowest BCUT2D eigenvalue weighted by atomic mass is 9.88. The highest BCUT2D eigenvalue weighted by molar-refractivity contribution is 5.94. The highest BCUT2D eigenvalue weighted by atomic mass is 16.5. The maximum Gasteiger partial charge on any atom is 0.337 e. The maximum atomic E-state index is 11.5. The van der Waals surface area contributed by atoms with Gasteiger partial charge in [0.05, 0.1) is 12.7 Å². The molecule has 18 heavy (non-hydrogen) atoms. The van der Waals surface area contributed by atoms with Crippen molar-refractivity contribution >= 4 is 5.97 Å². The molecule has 0 spiro atoms. The van der Waals surface area contributed by atoms with Crippen molar-refractivity contribution in [3.05, 3.63) is 47.5 Å². The van der Waals surface area contributed by atoms with E-state index in [1.54, 1.807) is 0 Å². The molecular weight excluding hydrogens is 224 g/mol. The lowest BCUT2D eigenvalue weighted by Crippen LogP contribution is -2.09. The van der Waals surface area contributed by atoms with Gasteiger partial charge in [-0.2, -0.15) is 0 Å². The first-order valence-corrected chi connectivity index (χ1v) is 6.04. The van der Waals surface area contributed by atoms with E-state index in [9.17, 15) is 4.79 Å². The molecule has 0 unspecified atom stereocenters. The van der Waals surface area contributed by atoms with Crippen LogP contribution in [0.15, 0.2) is 36.4 Å². The van der Waals surface area contributed by atoms with Crippen LogP contribution in [-0.2, 0) is 10.2 Å². The lowest BCUT2D eigenvalue weighted by Gasteiger charge is -2.17. The standard InChI is InChI=1S/C16H18O2/c1-16(2,3)14-7-5-11-9-13(15(17)18-4)10-12(11)6-8-14/h5-10H,1-4H3. The van der Waals surface area contributed by atoms with Gasteiger partial charge < -0.3 is 4.74 Å². The van der Waals surface area contributed by atoms with Gasteiger partial charge in [-0.3, -0.25) is 0 Å². The predicted molar refractivity (Wildman–Crippen MR) is 73.1 cm³/mol. The smallest absolute Gasteiger partial charge is 0.337 e. The quantitative estimate of drug-likeness (QED) is 0.709. The van der Waals surface area contributed by atoms with Gasteiger partial charge in [0.2, 0.25) is 0 Å². The molecule has 2 nitrogen and oxygen atoms in total. The zero-order chi connectivity index (χ0) is 13.3. The SMILES string of the molecule is COC(=O)c1cc2ccc(C(C)(C)C)ccc-2c1. The number of fused-ring (bicyclic) bond motifs is 1. The molecule has 0 bridgehead atoms. The fraction of sp³-hybridized carbons (Fsp3) is 0.312. The highest BCUT2D eigenvalue weighted by Crippen LogP contribution is 2.29. The Morgan fingerprint density at radius 3 is 1.89 bits per heavy atom. The summed E-state index contributed by atoms with van der Waals surface area (Å²) < 4.78 is 4.73. The van der Waals surface area contributed by atoms with Gasteiger partial charge in [0.15, 0.2) is 0 Å². The van der Waals surface area contributed by atoms with E-state index in [1.165, 1.54) is 12.7 Å². The average molecular weight is 242 g/mol. The number of hydrogen-bond acceptors (Lipinski definition) is 2. The second kappa shape index (κ2) is 4.45. The Morgan fingerprint density at radius 2 is 1.50 bits per heavy atom. The second-order valence-corrected chi connectivity index (χ2v) is 5.52. The van der Waals surface area contributed by atoms with Crippen LogP contribution in [0.1, 0.15) is 36.7 Å². The van der Waals surface area contributed by atoms with E-state index < -0.39 is 0 Å². The normalized spacial score (nSPS) is 11.6. The summed E-state index contributed by atoms with van der Waals surface area (Å²) >= 11 is 0. The second-order valence-electron chi connectivity index (χ2n) is 5.52. The van der Waals surface area contributed by atoms with Crippen LogP contribution in [-0.4, -0.2) is 13.1 Å².